The molecule has 0 aromatic heterocycles. The molecule has 0 saturated heterocycles. The number of hydrogen-bond acceptors (Lipinski definition) is 8. The zero-order chi connectivity index (χ0) is 11.8. The minimum atomic E-state index is -5.68. The standard InChI is InChI=1S/C4H8O.4Na.H4O7P2/c1-2-3-4-5;;;;;1-8(2,3)7-9(4,5)6/h2,5H,1,3-4H2;;;;;(H2,1,2,3)(H2,4,5,6)/q;4*+1;/p-4. The first-order valence-corrected chi connectivity index (χ1v) is 6.01. The molecule has 0 rings (SSSR count). The SMILES string of the molecule is C=CCCO.O=P([O-])([O-])OP(=O)([O-])[O-].[Na+].[Na+].[Na+].[Na+]. The number of phosphoric acid groups is 2. The quantitative estimate of drug-likeness (QED) is 0.301. The summed E-state index contributed by atoms with van der Waals surface area (Å²) in [4.78, 5) is 37.3. The van der Waals surface area contributed by atoms with Crippen LogP contribution in [0, 0.1) is 0 Å². The predicted molar refractivity (Wildman–Crippen MR) is 38.2 cm³/mol. The molecule has 0 radical (unpaired) electrons. The fraction of sp³-hybridized carbons (Fsp3) is 0.500. The van der Waals surface area contributed by atoms with Gasteiger partial charge < -0.3 is 38.1 Å². The Balaban J connectivity index is -0.0000000359. The van der Waals surface area contributed by atoms with Crippen molar-refractivity contribution in [2.24, 2.45) is 0 Å². The van der Waals surface area contributed by atoms with Crippen LogP contribution >= 0.6 is 15.6 Å². The van der Waals surface area contributed by atoms with Gasteiger partial charge in [0.1, 0.15) is 0 Å². The second kappa shape index (κ2) is 21.0. The van der Waals surface area contributed by atoms with Crippen molar-refractivity contribution in [1.82, 2.24) is 0 Å². The minimum absolute atomic E-state index is 0. The van der Waals surface area contributed by atoms with Gasteiger partial charge in [0, 0.05) is 6.61 Å². The van der Waals surface area contributed by atoms with Gasteiger partial charge in [0.25, 0.3) is 0 Å². The van der Waals surface area contributed by atoms with Crippen LogP contribution in [0.1, 0.15) is 6.42 Å². The molecule has 0 bridgehead atoms. The van der Waals surface area contributed by atoms with E-state index in [1.807, 2.05) is 0 Å². The second-order valence-electron chi connectivity index (χ2n) is 1.78. The van der Waals surface area contributed by atoms with Crippen molar-refractivity contribution in [3.8, 4) is 0 Å². The van der Waals surface area contributed by atoms with Crippen LogP contribution in [0.5, 0.6) is 0 Å². The Hall–Kier alpha value is 3.96. The fourth-order valence-corrected chi connectivity index (χ4v) is 1.19. The predicted octanol–water partition coefficient (Wildman–Crippen LogP) is -14.8. The first kappa shape index (κ1) is 37.9. The molecule has 18 heavy (non-hydrogen) atoms. The van der Waals surface area contributed by atoms with E-state index in [0.29, 0.717) is 6.42 Å². The summed E-state index contributed by atoms with van der Waals surface area (Å²) in [6, 6.07) is 0. The van der Waals surface area contributed by atoms with Gasteiger partial charge in [-0.1, -0.05) is 6.08 Å². The van der Waals surface area contributed by atoms with Gasteiger partial charge in [0.15, 0.2) is 0 Å². The summed E-state index contributed by atoms with van der Waals surface area (Å²) < 4.78 is 21.2. The van der Waals surface area contributed by atoms with Gasteiger partial charge in [-0.05, 0) is 6.42 Å². The molecular weight excluding hydrogens is 330 g/mol. The van der Waals surface area contributed by atoms with E-state index in [0.717, 1.165) is 0 Å². The Kier molecular flexibility index (Phi) is 44.1. The topological polar surface area (TPSA) is 156 Å². The Morgan fingerprint density at radius 3 is 1.28 bits per heavy atom. The van der Waals surface area contributed by atoms with Crippen molar-refractivity contribution in [2.75, 3.05) is 6.61 Å². The Morgan fingerprint density at radius 2 is 1.28 bits per heavy atom. The minimum Gasteiger partial charge on any atom is -0.790 e. The molecule has 0 aromatic rings. The maximum Gasteiger partial charge on any atom is 1.00 e. The van der Waals surface area contributed by atoms with Crippen LogP contribution in [0.25, 0.3) is 0 Å². The number of rotatable bonds is 4. The monoisotopic (exact) mass is 338 g/mol. The van der Waals surface area contributed by atoms with Gasteiger partial charge >= 0.3 is 118 Å². The number of aliphatic hydroxyl groups excluding tert-OH is 1. The summed E-state index contributed by atoms with van der Waals surface area (Å²) in [5.74, 6) is 0. The molecule has 0 saturated carbocycles. The van der Waals surface area contributed by atoms with E-state index in [4.69, 9.17) is 5.11 Å². The summed E-state index contributed by atoms with van der Waals surface area (Å²) in [5.41, 5.74) is 0. The van der Waals surface area contributed by atoms with E-state index in [9.17, 15) is 28.7 Å². The first-order valence-electron chi connectivity index (χ1n) is 3.09. The van der Waals surface area contributed by atoms with E-state index in [1.165, 1.54) is 0 Å². The van der Waals surface area contributed by atoms with Gasteiger partial charge in [-0.2, -0.15) is 0 Å². The van der Waals surface area contributed by atoms with Crippen LogP contribution in [-0.2, 0) is 13.4 Å². The van der Waals surface area contributed by atoms with Gasteiger partial charge in [-0.15, -0.1) is 6.58 Å². The second-order valence-corrected chi connectivity index (χ2v) is 4.22. The average Bonchev–Trinajstić information content (AvgIpc) is 1.81. The summed E-state index contributed by atoms with van der Waals surface area (Å²) in [7, 11) is -11.4. The first-order chi connectivity index (χ1) is 6.12. The van der Waals surface area contributed by atoms with E-state index in [2.05, 4.69) is 10.9 Å². The van der Waals surface area contributed by atoms with Crippen molar-refractivity contribution in [3.63, 3.8) is 0 Å². The molecule has 0 atom stereocenters. The third kappa shape index (κ3) is 50.2. The molecule has 1 N–H and O–H groups in total. The Labute approximate surface area is 194 Å². The Morgan fingerprint density at radius 1 is 1.00 bits per heavy atom. The van der Waals surface area contributed by atoms with E-state index < -0.39 is 15.6 Å². The normalized spacial score (nSPS) is 8.94. The van der Waals surface area contributed by atoms with Crippen molar-refractivity contribution in [1.29, 1.82) is 0 Å². The van der Waals surface area contributed by atoms with Crippen LogP contribution in [0.2, 0.25) is 0 Å². The molecule has 0 spiro atoms. The molecule has 0 aliphatic rings. The number of aliphatic hydroxyl groups is 1. The van der Waals surface area contributed by atoms with E-state index in [1.54, 1.807) is 6.08 Å². The zero-order valence-corrected chi connectivity index (χ0v) is 20.7. The van der Waals surface area contributed by atoms with Crippen LogP contribution in [0.15, 0.2) is 12.7 Å². The van der Waals surface area contributed by atoms with Crippen LogP contribution < -0.4 is 138 Å². The summed E-state index contributed by atoms with van der Waals surface area (Å²) in [5, 5.41) is 8.00. The smallest absolute Gasteiger partial charge is 0.790 e. The Bertz CT molecular complexity index is 231. The molecule has 0 heterocycles. The maximum atomic E-state index is 9.32. The zero-order valence-electron chi connectivity index (χ0n) is 10.9. The summed E-state index contributed by atoms with van der Waals surface area (Å²) >= 11 is 0. The molecular formula is C4H8Na4O8P2. The van der Waals surface area contributed by atoms with Gasteiger partial charge in [0.05, 0.1) is 15.6 Å². The third-order valence-electron chi connectivity index (χ3n) is 0.533. The van der Waals surface area contributed by atoms with Crippen LogP contribution in [-0.4, -0.2) is 11.7 Å². The molecule has 0 fully saturated rings. The van der Waals surface area contributed by atoms with Gasteiger partial charge in [-0.3, -0.25) is 0 Å². The van der Waals surface area contributed by atoms with Gasteiger partial charge in [0.2, 0.25) is 0 Å². The molecule has 0 unspecified atom stereocenters. The van der Waals surface area contributed by atoms with Crippen LogP contribution in [0.3, 0.4) is 0 Å². The fourth-order valence-electron chi connectivity index (χ4n) is 0.214. The van der Waals surface area contributed by atoms with Crippen molar-refractivity contribution in [2.45, 2.75) is 6.42 Å². The molecule has 0 aliphatic heterocycles. The van der Waals surface area contributed by atoms with Crippen molar-refractivity contribution >= 4 is 15.6 Å². The molecule has 0 aromatic carbocycles. The van der Waals surface area contributed by atoms with Crippen molar-refractivity contribution < 1.29 is 156 Å². The number of hydrogen-bond donors (Lipinski definition) is 1. The summed E-state index contributed by atoms with van der Waals surface area (Å²) in [6.45, 7) is 3.62. The average molecular weight is 338 g/mol. The van der Waals surface area contributed by atoms with Crippen LogP contribution in [0.4, 0.5) is 0 Å². The van der Waals surface area contributed by atoms with Crippen molar-refractivity contribution in [3.05, 3.63) is 12.7 Å². The molecule has 0 aliphatic carbocycles. The summed E-state index contributed by atoms with van der Waals surface area (Å²) in [6.07, 6.45) is 2.39. The molecule has 86 valence electrons. The maximum absolute atomic E-state index is 9.32. The van der Waals surface area contributed by atoms with Gasteiger partial charge in [-0.25, -0.2) is 0 Å². The third-order valence-corrected chi connectivity index (χ3v) is 2.13. The van der Waals surface area contributed by atoms with E-state index in [-0.39, 0.29) is 125 Å². The molecule has 14 heteroatoms. The largest absolute Gasteiger partial charge is 1.00 e. The molecule has 0 amide bonds. The molecule has 8 nitrogen and oxygen atoms in total. The van der Waals surface area contributed by atoms with E-state index >= 15 is 0 Å².